The summed E-state index contributed by atoms with van der Waals surface area (Å²) in [6.45, 7) is 1.49. The van der Waals surface area contributed by atoms with Gasteiger partial charge in [-0.05, 0) is 55.7 Å². The molecule has 1 N–H and O–H groups in total. The minimum atomic E-state index is -0.627. The van der Waals surface area contributed by atoms with Gasteiger partial charge in [-0.2, -0.15) is 0 Å². The van der Waals surface area contributed by atoms with Crippen LogP contribution >= 0.6 is 0 Å². The van der Waals surface area contributed by atoms with E-state index >= 15 is 0 Å². The van der Waals surface area contributed by atoms with Crippen LogP contribution in [0.5, 0.6) is 5.75 Å². The first kappa shape index (κ1) is 20.4. The molecule has 7 heteroatoms. The zero-order chi connectivity index (χ0) is 21.1. The summed E-state index contributed by atoms with van der Waals surface area (Å²) in [5.41, 5.74) is 1.96. The van der Waals surface area contributed by atoms with Crippen molar-refractivity contribution in [1.82, 2.24) is 5.32 Å². The molecule has 0 unspecified atom stereocenters. The third-order valence-electron chi connectivity index (χ3n) is 6.12. The molecule has 1 fully saturated rings. The van der Waals surface area contributed by atoms with Crippen molar-refractivity contribution in [3.8, 4) is 5.75 Å². The van der Waals surface area contributed by atoms with Crippen LogP contribution in [0.3, 0.4) is 0 Å². The Morgan fingerprint density at radius 2 is 1.90 bits per heavy atom. The number of ether oxygens (including phenoxy) is 2. The Labute approximate surface area is 174 Å². The minimum absolute atomic E-state index is 0.148. The fourth-order valence-corrected chi connectivity index (χ4v) is 4.46. The van der Waals surface area contributed by atoms with Crippen molar-refractivity contribution in [3.05, 3.63) is 39.7 Å². The number of aryl methyl sites for hydroxylation is 1. The van der Waals surface area contributed by atoms with Crippen molar-refractivity contribution in [2.45, 2.75) is 57.9 Å². The van der Waals surface area contributed by atoms with E-state index in [1.165, 1.54) is 6.42 Å². The van der Waals surface area contributed by atoms with E-state index in [1.54, 1.807) is 12.1 Å². The van der Waals surface area contributed by atoms with Gasteiger partial charge in [-0.25, -0.2) is 9.59 Å². The first-order valence-corrected chi connectivity index (χ1v) is 10.7. The average molecular weight is 413 g/mol. The average Bonchev–Trinajstić information content (AvgIpc) is 3.23. The Kier molecular flexibility index (Phi) is 6.06. The summed E-state index contributed by atoms with van der Waals surface area (Å²) in [5.74, 6) is -0.0715. The Hall–Kier alpha value is -2.83. The van der Waals surface area contributed by atoms with E-state index in [2.05, 4.69) is 12.2 Å². The first-order valence-electron chi connectivity index (χ1n) is 10.7. The van der Waals surface area contributed by atoms with Gasteiger partial charge in [0.2, 0.25) is 0 Å². The lowest BCUT2D eigenvalue weighted by molar-refractivity contribution is -0.150. The molecular formula is C23H27NO6. The number of benzene rings is 1. The molecule has 1 amide bonds. The fourth-order valence-electron chi connectivity index (χ4n) is 4.46. The van der Waals surface area contributed by atoms with Crippen LogP contribution in [0.2, 0.25) is 0 Å². The van der Waals surface area contributed by atoms with Gasteiger partial charge in [-0.1, -0.05) is 19.8 Å². The van der Waals surface area contributed by atoms with Crippen LogP contribution < -0.4 is 15.7 Å². The maximum atomic E-state index is 12.1. The molecule has 0 bridgehead atoms. The third-order valence-corrected chi connectivity index (χ3v) is 6.12. The summed E-state index contributed by atoms with van der Waals surface area (Å²) in [6.07, 6.45) is 6.95. The molecule has 2 aromatic rings. The van der Waals surface area contributed by atoms with Crippen LogP contribution in [-0.2, 0) is 27.2 Å². The van der Waals surface area contributed by atoms with Gasteiger partial charge in [0.25, 0.3) is 5.91 Å². The predicted molar refractivity (Wildman–Crippen MR) is 111 cm³/mol. The van der Waals surface area contributed by atoms with Crippen LogP contribution in [0.1, 0.15) is 50.2 Å². The van der Waals surface area contributed by atoms with Gasteiger partial charge in [0.15, 0.2) is 13.2 Å². The van der Waals surface area contributed by atoms with Crippen LogP contribution in [-0.4, -0.2) is 31.1 Å². The van der Waals surface area contributed by atoms with Crippen molar-refractivity contribution < 1.29 is 23.5 Å². The number of rotatable bonds is 6. The second kappa shape index (κ2) is 8.90. The smallest absolute Gasteiger partial charge is 0.344 e. The molecule has 0 spiro atoms. The van der Waals surface area contributed by atoms with Crippen LogP contribution in [0.15, 0.2) is 27.4 Å². The zero-order valence-corrected chi connectivity index (χ0v) is 17.2. The second-order valence-corrected chi connectivity index (χ2v) is 8.24. The Morgan fingerprint density at radius 1 is 1.10 bits per heavy atom. The van der Waals surface area contributed by atoms with Crippen molar-refractivity contribution in [1.29, 1.82) is 0 Å². The van der Waals surface area contributed by atoms with Gasteiger partial charge in [0, 0.05) is 23.1 Å². The Bertz CT molecular complexity index is 1010. The quantitative estimate of drug-likeness (QED) is 0.578. The van der Waals surface area contributed by atoms with Crippen molar-refractivity contribution in [2.75, 3.05) is 13.2 Å². The van der Waals surface area contributed by atoms with Gasteiger partial charge in [0.1, 0.15) is 11.3 Å². The van der Waals surface area contributed by atoms with Crippen molar-refractivity contribution in [2.24, 2.45) is 5.92 Å². The molecule has 1 heterocycles. The summed E-state index contributed by atoms with van der Waals surface area (Å²) in [7, 11) is 0. The summed E-state index contributed by atoms with van der Waals surface area (Å²) in [6, 6.07) is 5.35. The molecular weight excluding hydrogens is 386 g/mol. The van der Waals surface area contributed by atoms with E-state index in [-0.39, 0.29) is 30.8 Å². The molecule has 2 atom stereocenters. The molecule has 0 aliphatic heterocycles. The Morgan fingerprint density at radius 3 is 2.73 bits per heavy atom. The highest BCUT2D eigenvalue weighted by Gasteiger charge is 2.23. The van der Waals surface area contributed by atoms with Gasteiger partial charge in [0.05, 0.1) is 0 Å². The van der Waals surface area contributed by atoms with Gasteiger partial charge < -0.3 is 19.2 Å². The molecule has 0 radical (unpaired) electrons. The molecule has 30 heavy (non-hydrogen) atoms. The molecule has 160 valence electrons. The zero-order valence-electron chi connectivity index (χ0n) is 17.2. The molecule has 1 aromatic carbocycles. The van der Waals surface area contributed by atoms with Crippen LogP contribution in [0.25, 0.3) is 11.0 Å². The van der Waals surface area contributed by atoms with E-state index < -0.39 is 5.97 Å². The summed E-state index contributed by atoms with van der Waals surface area (Å²) in [4.78, 5) is 36.1. The number of fused-ring (bicyclic) bond motifs is 3. The molecule has 1 saturated carbocycles. The summed E-state index contributed by atoms with van der Waals surface area (Å²) in [5, 5.41) is 3.85. The predicted octanol–water partition coefficient (Wildman–Crippen LogP) is 2.90. The Balaban J connectivity index is 1.28. The highest BCUT2D eigenvalue weighted by molar-refractivity contribution is 5.83. The number of carbonyl (C=O) groups is 2. The molecule has 2 aliphatic carbocycles. The van der Waals surface area contributed by atoms with Gasteiger partial charge >= 0.3 is 11.6 Å². The molecule has 4 rings (SSSR count). The number of hydrogen-bond acceptors (Lipinski definition) is 6. The maximum absolute atomic E-state index is 12.1. The topological polar surface area (TPSA) is 94.8 Å². The molecule has 0 saturated heterocycles. The highest BCUT2D eigenvalue weighted by atomic mass is 16.6. The van der Waals surface area contributed by atoms with Gasteiger partial charge in [-0.15, -0.1) is 0 Å². The van der Waals surface area contributed by atoms with E-state index in [1.807, 2.05) is 6.07 Å². The maximum Gasteiger partial charge on any atom is 0.344 e. The lowest BCUT2D eigenvalue weighted by Crippen LogP contribution is -2.43. The number of nitrogens with one attached hydrogen (secondary N) is 1. The molecule has 2 aliphatic rings. The minimum Gasteiger partial charge on any atom is -0.482 e. The third kappa shape index (κ3) is 4.50. The van der Waals surface area contributed by atoms with E-state index in [9.17, 15) is 14.4 Å². The van der Waals surface area contributed by atoms with E-state index in [4.69, 9.17) is 13.9 Å². The van der Waals surface area contributed by atoms with Crippen LogP contribution in [0, 0.1) is 5.92 Å². The highest BCUT2D eigenvalue weighted by Crippen LogP contribution is 2.29. The van der Waals surface area contributed by atoms with Gasteiger partial charge in [-0.3, -0.25) is 4.79 Å². The lowest BCUT2D eigenvalue weighted by atomic mass is 9.86. The van der Waals surface area contributed by atoms with E-state index in [0.29, 0.717) is 17.3 Å². The second-order valence-electron chi connectivity index (χ2n) is 8.24. The largest absolute Gasteiger partial charge is 0.482 e. The standard InChI is InChI=1S/C23H27NO6/c1-14-5-2-3-8-19(14)24-21(25)12-29-22(26)13-28-15-9-10-17-16-6-4-7-18(16)23(27)30-20(17)11-15/h9-11,14,19H,2-8,12-13H2,1H3,(H,24,25)/t14-,19+/m0/s1. The first-order chi connectivity index (χ1) is 14.5. The van der Waals surface area contributed by atoms with E-state index in [0.717, 1.165) is 55.0 Å². The lowest BCUT2D eigenvalue weighted by Gasteiger charge is -2.29. The van der Waals surface area contributed by atoms with Crippen molar-refractivity contribution in [3.63, 3.8) is 0 Å². The molecule has 1 aromatic heterocycles. The monoisotopic (exact) mass is 413 g/mol. The summed E-state index contributed by atoms with van der Waals surface area (Å²) < 4.78 is 15.9. The fraction of sp³-hybridized carbons (Fsp3) is 0.522. The number of esters is 1. The normalized spacial score (nSPS) is 20.6. The molecule has 7 nitrogen and oxygen atoms in total. The number of hydrogen-bond donors (Lipinski definition) is 1. The number of amides is 1. The SMILES string of the molecule is C[C@H]1CCCC[C@H]1NC(=O)COC(=O)COc1ccc2c3c(c(=O)oc2c1)CCC3. The van der Waals surface area contributed by atoms with Crippen molar-refractivity contribution >= 4 is 22.8 Å². The summed E-state index contributed by atoms with van der Waals surface area (Å²) >= 11 is 0. The number of carbonyl (C=O) groups excluding carboxylic acids is 2. The van der Waals surface area contributed by atoms with Crippen LogP contribution in [0.4, 0.5) is 0 Å².